The fourth-order valence-electron chi connectivity index (χ4n) is 1.46. The smallest absolute Gasteiger partial charge is 0.364 e. The summed E-state index contributed by atoms with van der Waals surface area (Å²) in [5.74, 6) is -1.18. The van der Waals surface area contributed by atoms with Crippen LogP contribution in [0.2, 0.25) is 0 Å². The van der Waals surface area contributed by atoms with Gasteiger partial charge in [0, 0.05) is 13.3 Å². The van der Waals surface area contributed by atoms with E-state index in [0.717, 1.165) is 12.8 Å². The third-order valence-corrected chi connectivity index (χ3v) is 2.73. The van der Waals surface area contributed by atoms with Crippen LogP contribution >= 0.6 is 0 Å². The van der Waals surface area contributed by atoms with Gasteiger partial charge in [0.2, 0.25) is 6.79 Å². The van der Waals surface area contributed by atoms with Gasteiger partial charge in [0.15, 0.2) is 6.54 Å². The van der Waals surface area contributed by atoms with Crippen LogP contribution in [-0.4, -0.2) is 63.0 Å². The van der Waals surface area contributed by atoms with Crippen LogP contribution < -0.4 is 0 Å². The molecule has 0 saturated carbocycles. The Morgan fingerprint density at radius 3 is 2.19 bits per heavy atom. The van der Waals surface area contributed by atoms with E-state index in [-0.39, 0.29) is 31.9 Å². The summed E-state index contributed by atoms with van der Waals surface area (Å²) in [5, 5.41) is 0. The molecule has 0 aliphatic carbocycles. The van der Waals surface area contributed by atoms with Crippen molar-refractivity contribution in [2.75, 3.05) is 40.6 Å². The quantitative estimate of drug-likeness (QED) is 0.338. The van der Waals surface area contributed by atoms with Gasteiger partial charge in [0.1, 0.15) is 13.2 Å². The van der Waals surface area contributed by atoms with Gasteiger partial charge in [-0.1, -0.05) is 13.3 Å². The molecule has 21 heavy (non-hydrogen) atoms. The molecule has 0 heterocycles. The molecule has 0 aliphatic heterocycles. The van der Waals surface area contributed by atoms with Gasteiger partial charge in [-0.05, 0) is 6.42 Å². The number of unbranched alkanes of at least 4 members (excludes halogenated alkanes) is 1. The van der Waals surface area contributed by atoms with E-state index in [1.54, 1.807) is 0 Å². The first kappa shape index (κ1) is 19.4. The van der Waals surface area contributed by atoms with E-state index in [9.17, 15) is 14.4 Å². The number of ether oxygens (including phenoxy) is 3. The maximum Gasteiger partial charge on any atom is 0.364 e. The molecule has 0 rings (SSSR count). The largest absolute Gasteiger partial charge is 0.460 e. The van der Waals surface area contributed by atoms with Crippen molar-refractivity contribution in [3.05, 3.63) is 0 Å². The summed E-state index contributed by atoms with van der Waals surface area (Å²) < 4.78 is 14.8. The Morgan fingerprint density at radius 1 is 1.00 bits per heavy atom. The van der Waals surface area contributed by atoms with E-state index < -0.39 is 5.97 Å². The summed E-state index contributed by atoms with van der Waals surface area (Å²) in [5.41, 5.74) is 0. The second-order valence-corrected chi connectivity index (χ2v) is 5.41. The zero-order valence-corrected chi connectivity index (χ0v) is 13.3. The Hall–Kier alpha value is -1.63. The number of quaternary nitrogens is 1. The topological polar surface area (TPSA) is 78.9 Å². The van der Waals surface area contributed by atoms with Crippen molar-refractivity contribution in [3.63, 3.8) is 0 Å². The Labute approximate surface area is 125 Å². The first-order chi connectivity index (χ1) is 9.76. The van der Waals surface area contributed by atoms with Crippen LogP contribution in [0, 0.1) is 0 Å². The lowest BCUT2D eigenvalue weighted by Crippen LogP contribution is -2.46. The molecule has 0 fully saturated rings. The maximum atomic E-state index is 11.6. The highest BCUT2D eigenvalue weighted by Gasteiger charge is 2.21. The first-order valence-corrected chi connectivity index (χ1v) is 7.03. The second kappa shape index (κ2) is 10.1. The summed E-state index contributed by atoms with van der Waals surface area (Å²) in [6.45, 7) is 3.79. The minimum atomic E-state index is -0.467. The number of hydrogen-bond acceptors (Lipinski definition) is 6. The highest BCUT2D eigenvalue weighted by molar-refractivity contribution is 5.71. The molecule has 0 aromatic carbocycles. The van der Waals surface area contributed by atoms with Gasteiger partial charge in [-0.2, -0.15) is 0 Å². The molecule has 7 heteroatoms. The van der Waals surface area contributed by atoms with Crippen LogP contribution in [0.1, 0.15) is 33.1 Å². The minimum Gasteiger partial charge on any atom is -0.460 e. The highest BCUT2D eigenvalue weighted by atomic mass is 16.7. The van der Waals surface area contributed by atoms with Crippen molar-refractivity contribution in [1.29, 1.82) is 0 Å². The maximum absolute atomic E-state index is 11.6. The van der Waals surface area contributed by atoms with Crippen LogP contribution in [0.25, 0.3) is 0 Å². The van der Waals surface area contributed by atoms with Crippen molar-refractivity contribution >= 4 is 17.9 Å². The number of hydrogen-bond donors (Lipinski definition) is 0. The molecule has 0 unspecified atom stereocenters. The van der Waals surface area contributed by atoms with Gasteiger partial charge < -0.3 is 18.7 Å². The van der Waals surface area contributed by atoms with Gasteiger partial charge >= 0.3 is 17.9 Å². The normalized spacial score (nSPS) is 10.9. The average molecular weight is 304 g/mol. The van der Waals surface area contributed by atoms with Crippen molar-refractivity contribution in [2.45, 2.75) is 33.1 Å². The van der Waals surface area contributed by atoms with E-state index in [0.29, 0.717) is 17.4 Å². The lowest BCUT2D eigenvalue weighted by Gasteiger charge is -2.28. The summed E-state index contributed by atoms with van der Waals surface area (Å²) >= 11 is 0. The van der Waals surface area contributed by atoms with Gasteiger partial charge in [-0.3, -0.25) is 9.59 Å². The second-order valence-electron chi connectivity index (χ2n) is 5.41. The molecule has 0 saturated heterocycles. The predicted octanol–water partition coefficient (Wildman–Crippen LogP) is 0.860. The van der Waals surface area contributed by atoms with Crippen LogP contribution in [0.15, 0.2) is 0 Å². The monoisotopic (exact) mass is 304 g/mol. The zero-order valence-electron chi connectivity index (χ0n) is 13.3. The van der Waals surface area contributed by atoms with Crippen molar-refractivity contribution in [3.8, 4) is 0 Å². The SMILES string of the molecule is CCCCC(=O)OCOC(=O)C[N+](C)(C)CCOC(C)=O. The zero-order chi connectivity index (χ0) is 16.3. The fourth-order valence-corrected chi connectivity index (χ4v) is 1.46. The van der Waals surface area contributed by atoms with Crippen molar-refractivity contribution < 1.29 is 33.1 Å². The average Bonchev–Trinajstić information content (AvgIpc) is 2.34. The van der Waals surface area contributed by atoms with E-state index in [1.807, 2.05) is 21.0 Å². The molecule has 0 radical (unpaired) electrons. The third-order valence-electron chi connectivity index (χ3n) is 2.73. The molecule has 0 atom stereocenters. The Morgan fingerprint density at radius 2 is 1.62 bits per heavy atom. The fraction of sp³-hybridized carbons (Fsp3) is 0.786. The molecule has 0 bridgehead atoms. The molecule has 0 aromatic rings. The van der Waals surface area contributed by atoms with E-state index in [4.69, 9.17) is 14.2 Å². The number of carbonyl (C=O) groups excluding carboxylic acids is 3. The Balaban J connectivity index is 3.85. The third kappa shape index (κ3) is 11.9. The molecule has 0 aromatic heterocycles. The number of rotatable bonds is 10. The van der Waals surface area contributed by atoms with Gasteiger partial charge in [-0.25, -0.2) is 4.79 Å². The lowest BCUT2D eigenvalue weighted by molar-refractivity contribution is -0.883. The Bertz CT molecular complexity index is 353. The lowest BCUT2D eigenvalue weighted by atomic mass is 10.3. The summed E-state index contributed by atoms with van der Waals surface area (Å²) in [6, 6.07) is 0. The summed E-state index contributed by atoms with van der Waals surface area (Å²) in [4.78, 5) is 33.5. The molecule has 7 nitrogen and oxygen atoms in total. The number of esters is 3. The number of likely N-dealkylation sites (N-methyl/N-ethyl adjacent to an activating group) is 1. The van der Waals surface area contributed by atoms with Crippen LogP contribution in [0.3, 0.4) is 0 Å². The summed E-state index contributed by atoms with van der Waals surface area (Å²) in [6.07, 6.45) is 1.99. The van der Waals surface area contributed by atoms with E-state index >= 15 is 0 Å². The van der Waals surface area contributed by atoms with Gasteiger partial charge in [-0.15, -0.1) is 0 Å². The molecular formula is C14H26NO6+. The van der Waals surface area contributed by atoms with Crippen molar-refractivity contribution in [2.24, 2.45) is 0 Å². The van der Waals surface area contributed by atoms with E-state index in [1.165, 1.54) is 6.92 Å². The first-order valence-electron chi connectivity index (χ1n) is 7.03. The van der Waals surface area contributed by atoms with Gasteiger partial charge in [0.25, 0.3) is 0 Å². The van der Waals surface area contributed by atoms with Crippen LogP contribution in [-0.2, 0) is 28.6 Å². The highest BCUT2D eigenvalue weighted by Crippen LogP contribution is 2.00. The number of nitrogens with zero attached hydrogens (tertiary/aromatic N) is 1. The molecular weight excluding hydrogens is 278 g/mol. The number of carbonyl (C=O) groups is 3. The van der Waals surface area contributed by atoms with Gasteiger partial charge in [0.05, 0.1) is 14.1 Å². The van der Waals surface area contributed by atoms with E-state index in [2.05, 4.69) is 0 Å². The summed E-state index contributed by atoms with van der Waals surface area (Å²) in [7, 11) is 3.63. The molecule has 0 spiro atoms. The van der Waals surface area contributed by atoms with Crippen LogP contribution in [0.4, 0.5) is 0 Å². The molecule has 122 valence electrons. The van der Waals surface area contributed by atoms with Crippen LogP contribution in [0.5, 0.6) is 0 Å². The van der Waals surface area contributed by atoms with Crippen molar-refractivity contribution in [1.82, 2.24) is 0 Å². The standard InChI is InChI=1S/C14H26NO6/c1-5-6-7-13(17)20-11-21-14(18)10-15(3,4)8-9-19-12(2)16/h5-11H2,1-4H3/q+1. The minimum absolute atomic E-state index is 0.105. The predicted molar refractivity (Wildman–Crippen MR) is 75.1 cm³/mol. The molecule has 0 amide bonds. The molecule has 0 N–H and O–H groups in total. The molecule has 0 aliphatic rings. The Kier molecular flexibility index (Phi) is 9.36.